The van der Waals surface area contributed by atoms with Crippen molar-refractivity contribution in [1.82, 2.24) is 15.0 Å². The highest BCUT2D eigenvalue weighted by Crippen LogP contribution is 2.55. The highest BCUT2D eigenvalue weighted by Gasteiger charge is 2.46. The predicted molar refractivity (Wildman–Crippen MR) is 212 cm³/mol. The Hall–Kier alpha value is -4.36. The second-order valence-electron chi connectivity index (χ2n) is 18.2. The number of aromatic nitrogens is 3. The van der Waals surface area contributed by atoms with Crippen LogP contribution in [0.25, 0.3) is 44.9 Å². The van der Waals surface area contributed by atoms with Gasteiger partial charge in [0.15, 0.2) is 17.5 Å². The van der Waals surface area contributed by atoms with Gasteiger partial charge in [-0.15, -0.1) is 0 Å². The Morgan fingerprint density at radius 2 is 0.865 bits per heavy atom. The van der Waals surface area contributed by atoms with Crippen molar-refractivity contribution in [2.45, 2.75) is 103 Å². The largest absolute Gasteiger partial charge is 0.208 e. The molecule has 4 bridgehead atoms. The first-order valence-electron chi connectivity index (χ1n) is 20.1. The lowest BCUT2D eigenvalue weighted by Crippen LogP contribution is -2.42. The zero-order chi connectivity index (χ0) is 35.6. The topological polar surface area (TPSA) is 62.5 Å². The van der Waals surface area contributed by atoms with Gasteiger partial charge in [-0.25, -0.2) is 15.0 Å². The second kappa shape index (κ2) is 12.9. The summed E-state index contributed by atoms with van der Waals surface area (Å²) < 4.78 is 0. The third kappa shape index (κ3) is 6.15. The fourth-order valence-electron chi connectivity index (χ4n) is 12.3. The molecule has 0 amide bonds. The van der Waals surface area contributed by atoms with Crippen LogP contribution < -0.4 is 0 Å². The number of nitriles is 1. The second-order valence-corrected chi connectivity index (χ2v) is 18.2. The van der Waals surface area contributed by atoms with Crippen molar-refractivity contribution < 1.29 is 0 Å². The lowest BCUT2D eigenvalue weighted by molar-refractivity contribution is 0.0779. The van der Waals surface area contributed by atoms with Gasteiger partial charge in [0.1, 0.15) is 0 Å². The van der Waals surface area contributed by atoms with E-state index in [0.29, 0.717) is 23.0 Å². The van der Waals surface area contributed by atoms with Crippen molar-refractivity contribution in [3.63, 3.8) is 0 Å². The molecule has 5 aromatic rings. The molecule has 4 fully saturated rings. The van der Waals surface area contributed by atoms with E-state index in [9.17, 15) is 5.26 Å². The standard InChI is InChI=1S/C48H52N4/c1-30-17-35-18-31(2)24-47(23-30,27-35)42-13-9-37(10-14-42)44-50-45(52-46(51-44)41-8-7-39-21-34(29-49)5-6-40(39)22-41)38-11-15-43(16-12-38)48-25-32(3)19-36(28-48)20-33(4)26-48/h5-16,21-22,30-33,35-36H,17-20,23-28H2,1-4H3/t30-,31+,32-,33+,35-,36-,47?,48?. The van der Waals surface area contributed by atoms with Gasteiger partial charge in [-0.2, -0.15) is 5.26 Å². The minimum Gasteiger partial charge on any atom is -0.208 e. The highest BCUT2D eigenvalue weighted by molar-refractivity contribution is 5.87. The number of nitrogens with zero attached hydrogens (tertiary/aromatic N) is 4. The Morgan fingerprint density at radius 1 is 0.481 bits per heavy atom. The minimum absolute atomic E-state index is 0.290. The van der Waals surface area contributed by atoms with E-state index in [1.807, 2.05) is 18.2 Å². The average molecular weight is 685 g/mol. The lowest BCUT2D eigenvalue weighted by Gasteiger charge is -2.50. The van der Waals surface area contributed by atoms with Crippen LogP contribution in [0.5, 0.6) is 0 Å². The summed E-state index contributed by atoms with van der Waals surface area (Å²) in [7, 11) is 0. The van der Waals surface area contributed by atoms with Gasteiger partial charge in [0.25, 0.3) is 0 Å². The molecule has 0 N–H and O–H groups in total. The first-order valence-corrected chi connectivity index (χ1v) is 20.1. The van der Waals surface area contributed by atoms with Crippen molar-refractivity contribution in [2.75, 3.05) is 0 Å². The van der Waals surface area contributed by atoms with Gasteiger partial charge in [-0.1, -0.05) is 94.4 Å². The molecule has 0 aliphatic heterocycles. The number of hydrogen-bond acceptors (Lipinski definition) is 4. The fraction of sp³-hybridized carbons (Fsp3) is 0.458. The third-order valence-electron chi connectivity index (χ3n) is 13.6. The van der Waals surface area contributed by atoms with Crippen molar-refractivity contribution in [3.8, 4) is 40.2 Å². The molecule has 9 rings (SSSR count). The van der Waals surface area contributed by atoms with Gasteiger partial charge in [0.2, 0.25) is 0 Å². The van der Waals surface area contributed by atoms with Gasteiger partial charge < -0.3 is 0 Å². The zero-order valence-electron chi connectivity index (χ0n) is 31.4. The molecule has 4 aliphatic rings. The van der Waals surface area contributed by atoms with Crippen molar-refractivity contribution in [3.05, 3.63) is 102 Å². The first kappa shape index (κ1) is 33.5. The van der Waals surface area contributed by atoms with Crippen LogP contribution in [-0.2, 0) is 10.8 Å². The summed E-state index contributed by atoms with van der Waals surface area (Å²) in [6.07, 6.45) is 13.4. The summed E-state index contributed by atoms with van der Waals surface area (Å²) in [5.74, 6) is 6.92. The monoisotopic (exact) mass is 684 g/mol. The van der Waals surface area contributed by atoms with E-state index in [-0.39, 0.29) is 10.8 Å². The Labute approximate surface area is 310 Å². The van der Waals surface area contributed by atoms with E-state index in [1.54, 1.807) is 0 Å². The minimum atomic E-state index is 0.290. The normalized spacial score (nSPS) is 31.2. The predicted octanol–water partition coefficient (Wildman–Crippen LogP) is 12.1. The van der Waals surface area contributed by atoms with Gasteiger partial charge in [-0.3, -0.25) is 0 Å². The molecule has 264 valence electrons. The summed E-state index contributed by atoms with van der Waals surface area (Å²) in [5.41, 5.74) is 7.24. The van der Waals surface area contributed by atoms with Crippen LogP contribution in [0, 0.1) is 46.8 Å². The molecule has 52 heavy (non-hydrogen) atoms. The van der Waals surface area contributed by atoms with Crippen LogP contribution in [0.2, 0.25) is 0 Å². The summed E-state index contributed by atoms with van der Waals surface area (Å²) in [5, 5.41) is 11.5. The maximum atomic E-state index is 9.44. The Balaban J connectivity index is 1.10. The summed E-state index contributed by atoms with van der Waals surface area (Å²) in [6, 6.07) is 33.0. The molecule has 2 unspecified atom stereocenters. The summed E-state index contributed by atoms with van der Waals surface area (Å²) in [4.78, 5) is 15.5. The molecule has 4 saturated carbocycles. The number of fused-ring (bicyclic) bond motifs is 5. The Bertz CT molecular complexity index is 2020. The average Bonchev–Trinajstić information content (AvgIpc) is 3.13. The molecule has 0 saturated heterocycles. The number of hydrogen-bond donors (Lipinski definition) is 0. The molecular formula is C48H52N4. The van der Waals surface area contributed by atoms with E-state index in [1.165, 1.54) is 75.3 Å². The SMILES string of the molecule is C[C@@H]1C[C@@H]2C[C@H](C)CC(c3ccc(-c4nc(-c5ccc(C67C[C@H](C)C[C@H](C[C@H](C)C6)C7)cc5)nc(-c5ccc6cc(C#N)ccc6c5)n4)cc3)(C1)C2. The molecule has 0 spiro atoms. The quantitative estimate of drug-likeness (QED) is 0.185. The Morgan fingerprint density at radius 3 is 1.31 bits per heavy atom. The van der Waals surface area contributed by atoms with E-state index < -0.39 is 0 Å². The fourth-order valence-corrected chi connectivity index (χ4v) is 12.3. The molecule has 1 heterocycles. The van der Waals surface area contributed by atoms with E-state index in [0.717, 1.165) is 63.0 Å². The lowest BCUT2D eigenvalue weighted by atomic mass is 9.54. The van der Waals surface area contributed by atoms with Crippen LogP contribution in [0.15, 0.2) is 84.9 Å². The molecule has 4 aliphatic carbocycles. The van der Waals surface area contributed by atoms with Crippen LogP contribution in [-0.4, -0.2) is 15.0 Å². The van der Waals surface area contributed by atoms with Gasteiger partial charge >= 0.3 is 0 Å². The molecule has 4 heteroatoms. The maximum absolute atomic E-state index is 9.44. The van der Waals surface area contributed by atoms with Crippen molar-refractivity contribution >= 4 is 10.8 Å². The van der Waals surface area contributed by atoms with Crippen LogP contribution >= 0.6 is 0 Å². The molecule has 4 aromatic carbocycles. The third-order valence-corrected chi connectivity index (χ3v) is 13.6. The van der Waals surface area contributed by atoms with E-state index >= 15 is 0 Å². The molecule has 0 radical (unpaired) electrons. The maximum Gasteiger partial charge on any atom is 0.164 e. The van der Waals surface area contributed by atoms with Crippen molar-refractivity contribution in [2.24, 2.45) is 35.5 Å². The molecule has 1 aromatic heterocycles. The first-order chi connectivity index (χ1) is 25.2. The highest BCUT2D eigenvalue weighted by atomic mass is 15.0. The molecular weight excluding hydrogens is 633 g/mol. The smallest absolute Gasteiger partial charge is 0.164 e. The Kier molecular flexibility index (Phi) is 8.33. The molecule has 8 atom stereocenters. The summed E-state index contributed by atoms with van der Waals surface area (Å²) in [6.45, 7) is 9.84. The van der Waals surface area contributed by atoms with Crippen LogP contribution in [0.4, 0.5) is 0 Å². The number of rotatable bonds is 5. The zero-order valence-corrected chi connectivity index (χ0v) is 31.4. The van der Waals surface area contributed by atoms with E-state index in [4.69, 9.17) is 15.0 Å². The van der Waals surface area contributed by atoms with Gasteiger partial charge in [-0.05, 0) is 151 Å². The van der Waals surface area contributed by atoms with Crippen LogP contribution in [0.1, 0.15) is 109 Å². The van der Waals surface area contributed by atoms with Gasteiger partial charge in [0, 0.05) is 16.7 Å². The van der Waals surface area contributed by atoms with Gasteiger partial charge in [0.05, 0.1) is 11.6 Å². The van der Waals surface area contributed by atoms with E-state index in [2.05, 4.69) is 100 Å². The number of benzene rings is 4. The van der Waals surface area contributed by atoms with Crippen molar-refractivity contribution in [1.29, 1.82) is 5.26 Å². The molecule has 4 nitrogen and oxygen atoms in total. The summed E-state index contributed by atoms with van der Waals surface area (Å²) >= 11 is 0. The van der Waals surface area contributed by atoms with Crippen LogP contribution in [0.3, 0.4) is 0 Å².